The van der Waals surface area contributed by atoms with Crippen LogP contribution in [0, 0.1) is 0 Å². The van der Waals surface area contributed by atoms with Crippen LogP contribution in [-0.2, 0) is 0 Å². The number of phenols is 1. The summed E-state index contributed by atoms with van der Waals surface area (Å²) in [6.45, 7) is 0. The van der Waals surface area contributed by atoms with E-state index in [0.717, 1.165) is 0 Å². The van der Waals surface area contributed by atoms with Gasteiger partial charge in [0.2, 0.25) is 5.96 Å². The van der Waals surface area contributed by atoms with Crippen molar-refractivity contribution >= 4 is 12.2 Å². The number of ether oxygens (including phenoxy) is 2. The van der Waals surface area contributed by atoms with Crippen molar-refractivity contribution in [2.24, 2.45) is 21.7 Å². The van der Waals surface area contributed by atoms with E-state index in [0.29, 0.717) is 17.1 Å². The molecule has 1 aromatic carbocycles. The predicted molar refractivity (Wildman–Crippen MR) is 64.6 cm³/mol. The third kappa shape index (κ3) is 3.26. The van der Waals surface area contributed by atoms with E-state index in [-0.39, 0.29) is 11.7 Å². The number of guanidine groups is 1. The molecule has 1 aromatic rings. The first-order chi connectivity index (χ1) is 8.08. The lowest BCUT2D eigenvalue weighted by molar-refractivity contribution is 0.384. The summed E-state index contributed by atoms with van der Waals surface area (Å²) >= 11 is 0. The number of hydrogen-bond acceptors (Lipinski definition) is 5. The van der Waals surface area contributed by atoms with Gasteiger partial charge in [0.05, 0.1) is 26.0 Å². The standard InChI is InChI=1S/C10H14N4O3/c1-16-8-3-6(15)4-9(17-2)7(8)5-13-14-10(11)12/h3-5,15H,1-2H3,(H4,11,12,14)/b13-5+. The fraction of sp³-hybridized carbons (Fsp3) is 0.200. The lowest BCUT2D eigenvalue weighted by Crippen LogP contribution is -2.21. The Morgan fingerprint density at radius 2 is 1.76 bits per heavy atom. The molecular weight excluding hydrogens is 224 g/mol. The highest BCUT2D eigenvalue weighted by molar-refractivity contribution is 5.88. The molecule has 0 spiro atoms. The van der Waals surface area contributed by atoms with Crippen molar-refractivity contribution in [2.45, 2.75) is 0 Å². The Kier molecular flexibility index (Phi) is 4.15. The number of nitrogens with zero attached hydrogens (tertiary/aromatic N) is 2. The van der Waals surface area contributed by atoms with Crippen LogP contribution in [-0.4, -0.2) is 31.5 Å². The Balaban J connectivity index is 3.20. The van der Waals surface area contributed by atoms with Crippen LogP contribution in [0.25, 0.3) is 0 Å². The molecule has 7 heteroatoms. The lowest BCUT2D eigenvalue weighted by atomic mass is 10.2. The summed E-state index contributed by atoms with van der Waals surface area (Å²) in [6, 6.07) is 2.86. The molecule has 0 aliphatic heterocycles. The van der Waals surface area contributed by atoms with Crippen LogP contribution in [0.4, 0.5) is 0 Å². The summed E-state index contributed by atoms with van der Waals surface area (Å²) in [4.78, 5) is 0. The molecule has 0 unspecified atom stereocenters. The molecule has 0 amide bonds. The molecule has 0 saturated heterocycles. The van der Waals surface area contributed by atoms with Gasteiger partial charge >= 0.3 is 0 Å². The summed E-state index contributed by atoms with van der Waals surface area (Å²) in [6.07, 6.45) is 1.37. The average Bonchev–Trinajstić information content (AvgIpc) is 2.29. The number of benzene rings is 1. The third-order valence-electron chi connectivity index (χ3n) is 1.89. The van der Waals surface area contributed by atoms with E-state index in [2.05, 4.69) is 10.2 Å². The second-order valence-corrected chi connectivity index (χ2v) is 3.03. The first-order valence-electron chi connectivity index (χ1n) is 4.65. The number of hydrogen-bond donors (Lipinski definition) is 3. The average molecular weight is 238 g/mol. The Labute approximate surface area is 98.4 Å². The monoisotopic (exact) mass is 238 g/mol. The smallest absolute Gasteiger partial charge is 0.211 e. The van der Waals surface area contributed by atoms with Crippen molar-refractivity contribution in [3.63, 3.8) is 0 Å². The minimum Gasteiger partial charge on any atom is -0.508 e. The topological polar surface area (TPSA) is 115 Å². The maximum atomic E-state index is 9.42. The molecule has 5 N–H and O–H groups in total. The normalized spacial score (nSPS) is 10.2. The van der Waals surface area contributed by atoms with Crippen LogP contribution in [0.5, 0.6) is 17.2 Å². The van der Waals surface area contributed by atoms with E-state index in [1.165, 1.54) is 32.6 Å². The van der Waals surface area contributed by atoms with Gasteiger partial charge in [-0.05, 0) is 0 Å². The molecule has 0 aromatic heterocycles. The molecule has 0 atom stereocenters. The quantitative estimate of drug-likeness (QED) is 0.388. The zero-order chi connectivity index (χ0) is 12.8. The van der Waals surface area contributed by atoms with E-state index in [4.69, 9.17) is 20.9 Å². The molecule has 0 radical (unpaired) electrons. The van der Waals surface area contributed by atoms with E-state index >= 15 is 0 Å². The summed E-state index contributed by atoms with van der Waals surface area (Å²) in [5, 5.41) is 16.5. The number of methoxy groups -OCH3 is 2. The van der Waals surface area contributed by atoms with Crippen LogP contribution in [0.15, 0.2) is 22.3 Å². The molecule has 7 nitrogen and oxygen atoms in total. The Morgan fingerprint density at radius 3 is 2.18 bits per heavy atom. The zero-order valence-corrected chi connectivity index (χ0v) is 9.54. The highest BCUT2D eigenvalue weighted by Gasteiger charge is 2.10. The molecule has 0 saturated carbocycles. The SMILES string of the molecule is COc1cc(O)cc(OC)c1/C=N/N=C(N)N. The van der Waals surface area contributed by atoms with E-state index < -0.39 is 0 Å². The molecule has 1 rings (SSSR count). The van der Waals surface area contributed by atoms with Crippen LogP contribution in [0.2, 0.25) is 0 Å². The van der Waals surface area contributed by atoms with E-state index in [9.17, 15) is 5.11 Å². The highest BCUT2D eigenvalue weighted by Crippen LogP contribution is 2.31. The van der Waals surface area contributed by atoms with Gasteiger partial charge in [-0.15, -0.1) is 5.10 Å². The summed E-state index contributed by atoms with van der Waals surface area (Å²) in [5.41, 5.74) is 10.8. The fourth-order valence-corrected chi connectivity index (χ4v) is 1.21. The van der Waals surface area contributed by atoms with E-state index in [1.54, 1.807) is 0 Å². The molecule has 0 aliphatic rings. The number of rotatable bonds is 4. The second kappa shape index (κ2) is 5.59. The largest absolute Gasteiger partial charge is 0.508 e. The molecule has 0 heterocycles. The van der Waals surface area contributed by atoms with Gasteiger partial charge in [0, 0.05) is 12.1 Å². The van der Waals surface area contributed by atoms with Crippen molar-refractivity contribution in [3.05, 3.63) is 17.7 Å². The minimum absolute atomic E-state index is 0.0256. The Hall–Kier alpha value is -2.44. The van der Waals surface area contributed by atoms with Gasteiger partial charge in [0.25, 0.3) is 0 Å². The van der Waals surface area contributed by atoms with Gasteiger partial charge in [-0.1, -0.05) is 0 Å². The zero-order valence-electron chi connectivity index (χ0n) is 9.54. The van der Waals surface area contributed by atoms with Crippen molar-refractivity contribution in [1.29, 1.82) is 0 Å². The van der Waals surface area contributed by atoms with Crippen LogP contribution < -0.4 is 20.9 Å². The second-order valence-electron chi connectivity index (χ2n) is 3.03. The van der Waals surface area contributed by atoms with Crippen LogP contribution in [0.1, 0.15) is 5.56 Å². The van der Waals surface area contributed by atoms with Crippen LogP contribution in [0.3, 0.4) is 0 Å². The fourth-order valence-electron chi connectivity index (χ4n) is 1.21. The molecule has 17 heavy (non-hydrogen) atoms. The third-order valence-corrected chi connectivity index (χ3v) is 1.89. The molecule has 0 fully saturated rings. The molecule has 0 bridgehead atoms. The van der Waals surface area contributed by atoms with Crippen molar-refractivity contribution in [1.82, 2.24) is 0 Å². The Morgan fingerprint density at radius 1 is 1.24 bits per heavy atom. The lowest BCUT2D eigenvalue weighted by Gasteiger charge is -2.09. The van der Waals surface area contributed by atoms with Gasteiger partial charge < -0.3 is 26.0 Å². The first-order valence-corrected chi connectivity index (χ1v) is 4.65. The summed E-state index contributed by atoms with van der Waals surface area (Å²) < 4.78 is 10.2. The van der Waals surface area contributed by atoms with Gasteiger partial charge in [0.15, 0.2) is 0 Å². The maximum absolute atomic E-state index is 9.42. The maximum Gasteiger partial charge on any atom is 0.211 e. The highest BCUT2D eigenvalue weighted by atomic mass is 16.5. The Bertz CT molecular complexity index is 428. The molecule has 92 valence electrons. The van der Waals surface area contributed by atoms with Gasteiger partial charge in [0.1, 0.15) is 17.2 Å². The molecular formula is C10H14N4O3. The number of phenolic OH excluding ortho intramolecular Hbond substituents is 1. The first kappa shape index (κ1) is 12.6. The predicted octanol–water partition coefficient (Wildman–Crippen LogP) is 0.0167. The van der Waals surface area contributed by atoms with Crippen molar-refractivity contribution in [2.75, 3.05) is 14.2 Å². The summed E-state index contributed by atoms with van der Waals surface area (Å²) in [7, 11) is 2.93. The number of aromatic hydroxyl groups is 1. The van der Waals surface area contributed by atoms with Crippen LogP contribution >= 0.6 is 0 Å². The van der Waals surface area contributed by atoms with Gasteiger partial charge in [-0.3, -0.25) is 0 Å². The molecule has 0 aliphatic carbocycles. The van der Waals surface area contributed by atoms with Crippen molar-refractivity contribution in [3.8, 4) is 17.2 Å². The van der Waals surface area contributed by atoms with Gasteiger partial charge in [-0.2, -0.15) is 5.10 Å². The number of nitrogens with two attached hydrogens (primary N) is 2. The van der Waals surface area contributed by atoms with Gasteiger partial charge in [-0.25, -0.2) is 0 Å². The van der Waals surface area contributed by atoms with E-state index in [1.807, 2.05) is 0 Å². The summed E-state index contributed by atoms with van der Waals surface area (Å²) in [5.74, 6) is 0.670. The van der Waals surface area contributed by atoms with Crippen molar-refractivity contribution < 1.29 is 14.6 Å². The minimum atomic E-state index is -0.155.